The Balaban J connectivity index is 1.22. The molecule has 0 spiro atoms. The van der Waals surface area contributed by atoms with Crippen molar-refractivity contribution in [1.29, 1.82) is 0 Å². The van der Waals surface area contributed by atoms with Gasteiger partial charge in [0.25, 0.3) is 5.91 Å². The topological polar surface area (TPSA) is 94.6 Å². The van der Waals surface area contributed by atoms with Gasteiger partial charge in [-0.2, -0.15) is 4.98 Å². The maximum atomic E-state index is 12.9. The van der Waals surface area contributed by atoms with Crippen LogP contribution in [-0.4, -0.2) is 25.4 Å². The Bertz CT molecular complexity index is 1270. The molecule has 3 aromatic heterocycles. The van der Waals surface area contributed by atoms with Gasteiger partial charge < -0.3 is 19.0 Å². The van der Waals surface area contributed by atoms with Gasteiger partial charge in [-0.1, -0.05) is 25.1 Å². The molecule has 0 aliphatic heterocycles. The summed E-state index contributed by atoms with van der Waals surface area (Å²) in [4.78, 5) is 22.0. The van der Waals surface area contributed by atoms with Gasteiger partial charge in [0.1, 0.15) is 24.0 Å². The minimum Gasteiger partial charge on any atom is -0.487 e. The van der Waals surface area contributed by atoms with Gasteiger partial charge >= 0.3 is 0 Å². The van der Waals surface area contributed by atoms with E-state index in [0.717, 1.165) is 35.6 Å². The molecular weight excluding hydrogens is 418 g/mol. The Labute approximate surface area is 192 Å². The summed E-state index contributed by atoms with van der Waals surface area (Å²) in [6.07, 6.45) is 6.13. The van der Waals surface area contributed by atoms with Crippen molar-refractivity contribution in [2.75, 3.05) is 0 Å². The SMILES string of the molecule is Cc1cccn2cc(COc3ccc(C(=O)NC(c4nc(C5CC5)no4)C(C)C)cc3)nc12. The predicted molar refractivity (Wildman–Crippen MR) is 122 cm³/mol. The molecular formula is C25H27N5O3. The summed E-state index contributed by atoms with van der Waals surface area (Å²) in [5.41, 5.74) is 3.42. The molecule has 0 bridgehead atoms. The third-order valence-electron chi connectivity index (χ3n) is 5.85. The van der Waals surface area contributed by atoms with E-state index >= 15 is 0 Å². The second-order valence-corrected chi connectivity index (χ2v) is 8.93. The first-order valence-electron chi connectivity index (χ1n) is 11.3. The number of nitrogens with zero attached hydrogens (tertiary/aromatic N) is 4. The highest BCUT2D eigenvalue weighted by molar-refractivity contribution is 5.94. The molecule has 1 unspecified atom stereocenters. The van der Waals surface area contributed by atoms with Crippen molar-refractivity contribution >= 4 is 11.6 Å². The van der Waals surface area contributed by atoms with E-state index in [4.69, 9.17) is 9.26 Å². The van der Waals surface area contributed by atoms with Crippen LogP contribution in [0.4, 0.5) is 0 Å². The summed E-state index contributed by atoms with van der Waals surface area (Å²) in [5, 5.41) is 7.11. The quantitative estimate of drug-likeness (QED) is 0.426. The minimum atomic E-state index is -0.341. The average molecular weight is 446 g/mol. The van der Waals surface area contributed by atoms with E-state index in [1.807, 2.05) is 49.7 Å². The predicted octanol–water partition coefficient (Wildman–Crippen LogP) is 4.61. The van der Waals surface area contributed by atoms with Gasteiger partial charge in [-0.25, -0.2) is 4.98 Å². The molecule has 1 saturated carbocycles. The highest BCUT2D eigenvalue weighted by atomic mass is 16.5. The Kier molecular flexibility index (Phi) is 5.58. The first kappa shape index (κ1) is 21.2. The molecule has 1 N–H and O–H groups in total. The number of fused-ring (bicyclic) bond motifs is 1. The van der Waals surface area contributed by atoms with Gasteiger partial charge in [-0.3, -0.25) is 4.79 Å². The zero-order chi connectivity index (χ0) is 22.9. The van der Waals surface area contributed by atoms with E-state index in [9.17, 15) is 4.79 Å². The summed E-state index contributed by atoms with van der Waals surface area (Å²) in [6, 6.07) is 10.8. The van der Waals surface area contributed by atoms with Crippen LogP contribution < -0.4 is 10.1 Å². The lowest BCUT2D eigenvalue weighted by molar-refractivity contribution is 0.0914. The molecule has 5 rings (SSSR count). The number of amides is 1. The van der Waals surface area contributed by atoms with Gasteiger partial charge in [0, 0.05) is 23.9 Å². The Hall–Kier alpha value is -3.68. The number of imidazole rings is 1. The van der Waals surface area contributed by atoms with Crippen molar-refractivity contribution in [2.24, 2.45) is 5.92 Å². The monoisotopic (exact) mass is 445 g/mol. The number of hydrogen-bond donors (Lipinski definition) is 1. The molecule has 1 fully saturated rings. The van der Waals surface area contributed by atoms with Crippen LogP contribution in [0.3, 0.4) is 0 Å². The van der Waals surface area contributed by atoms with E-state index in [1.54, 1.807) is 24.3 Å². The Morgan fingerprint density at radius 1 is 1.21 bits per heavy atom. The number of aryl methyl sites for hydroxylation is 1. The van der Waals surface area contributed by atoms with Gasteiger partial charge in [0.2, 0.25) is 5.89 Å². The molecule has 33 heavy (non-hydrogen) atoms. The molecule has 1 amide bonds. The average Bonchev–Trinajstić information content (AvgIpc) is 3.38. The molecule has 1 aliphatic rings. The standard InChI is InChI=1S/C25H27N5O3/c1-15(2)21(25-28-22(29-33-25)17-6-7-17)27-24(31)18-8-10-20(11-9-18)32-14-19-13-30-12-4-5-16(3)23(30)26-19/h4-5,8-13,15,17,21H,6-7,14H2,1-3H3,(H,27,31). The van der Waals surface area contributed by atoms with Gasteiger partial charge in [-0.15, -0.1) is 0 Å². The highest BCUT2D eigenvalue weighted by Gasteiger charge is 2.31. The molecule has 0 radical (unpaired) electrons. The number of pyridine rings is 1. The second-order valence-electron chi connectivity index (χ2n) is 8.93. The van der Waals surface area contributed by atoms with Crippen LogP contribution in [0.2, 0.25) is 0 Å². The fourth-order valence-corrected chi connectivity index (χ4v) is 3.75. The minimum absolute atomic E-state index is 0.109. The smallest absolute Gasteiger partial charge is 0.251 e. The number of nitrogens with one attached hydrogen (secondary N) is 1. The number of aromatic nitrogens is 4. The maximum absolute atomic E-state index is 12.9. The van der Waals surface area contributed by atoms with E-state index in [2.05, 4.69) is 20.4 Å². The largest absolute Gasteiger partial charge is 0.487 e. The van der Waals surface area contributed by atoms with Crippen LogP contribution in [0.1, 0.15) is 72.0 Å². The number of hydrogen-bond acceptors (Lipinski definition) is 6. The first-order chi connectivity index (χ1) is 16.0. The normalized spacial score (nSPS) is 14.5. The van der Waals surface area contributed by atoms with Gasteiger partial charge in [0.05, 0.1) is 5.69 Å². The summed E-state index contributed by atoms with van der Waals surface area (Å²) in [6.45, 7) is 6.42. The number of rotatable bonds is 8. The number of carbonyl (C=O) groups excluding carboxylic acids is 1. The lowest BCUT2D eigenvalue weighted by Crippen LogP contribution is -2.32. The van der Waals surface area contributed by atoms with E-state index < -0.39 is 0 Å². The van der Waals surface area contributed by atoms with Crippen molar-refractivity contribution < 1.29 is 14.1 Å². The summed E-state index contributed by atoms with van der Waals surface area (Å²) < 4.78 is 13.3. The number of carbonyl (C=O) groups is 1. The van der Waals surface area contributed by atoms with Gasteiger partial charge in [0.15, 0.2) is 5.82 Å². The lowest BCUT2D eigenvalue weighted by Gasteiger charge is -2.18. The van der Waals surface area contributed by atoms with Crippen LogP contribution in [0, 0.1) is 12.8 Å². The summed E-state index contributed by atoms with van der Waals surface area (Å²) >= 11 is 0. The molecule has 8 heteroatoms. The molecule has 0 saturated heterocycles. The molecule has 8 nitrogen and oxygen atoms in total. The number of benzene rings is 1. The van der Waals surface area contributed by atoms with Crippen LogP contribution >= 0.6 is 0 Å². The van der Waals surface area contributed by atoms with Crippen molar-refractivity contribution in [2.45, 2.75) is 52.2 Å². The molecule has 4 aromatic rings. The Morgan fingerprint density at radius 3 is 2.70 bits per heavy atom. The van der Waals surface area contributed by atoms with Crippen LogP contribution in [0.15, 0.2) is 53.3 Å². The van der Waals surface area contributed by atoms with Crippen molar-refractivity contribution in [3.8, 4) is 5.75 Å². The zero-order valence-corrected chi connectivity index (χ0v) is 19.0. The lowest BCUT2D eigenvalue weighted by atomic mass is 10.0. The third-order valence-corrected chi connectivity index (χ3v) is 5.85. The molecule has 3 heterocycles. The van der Waals surface area contributed by atoms with Crippen molar-refractivity contribution in [3.63, 3.8) is 0 Å². The highest BCUT2D eigenvalue weighted by Crippen LogP contribution is 2.38. The van der Waals surface area contributed by atoms with Crippen LogP contribution in [0.5, 0.6) is 5.75 Å². The summed E-state index contributed by atoms with van der Waals surface area (Å²) in [7, 11) is 0. The first-order valence-corrected chi connectivity index (χ1v) is 11.3. The molecule has 170 valence electrons. The van der Waals surface area contributed by atoms with Crippen molar-refractivity contribution in [1.82, 2.24) is 24.8 Å². The van der Waals surface area contributed by atoms with Crippen LogP contribution in [-0.2, 0) is 6.61 Å². The second kappa shape index (κ2) is 8.69. The van der Waals surface area contributed by atoms with E-state index in [-0.39, 0.29) is 17.9 Å². The van der Waals surface area contributed by atoms with E-state index in [1.165, 1.54) is 0 Å². The van der Waals surface area contributed by atoms with Crippen LogP contribution in [0.25, 0.3) is 5.65 Å². The fourth-order valence-electron chi connectivity index (χ4n) is 3.75. The van der Waals surface area contributed by atoms with Crippen molar-refractivity contribution in [3.05, 3.63) is 77.3 Å². The zero-order valence-electron chi connectivity index (χ0n) is 19.0. The maximum Gasteiger partial charge on any atom is 0.251 e. The number of ether oxygens (including phenoxy) is 1. The third kappa shape index (κ3) is 4.60. The fraction of sp³-hybridized carbons (Fsp3) is 0.360. The van der Waals surface area contributed by atoms with E-state index in [0.29, 0.717) is 29.7 Å². The molecule has 1 aliphatic carbocycles. The summed E-state index contributed by atoms with van der Waals surface area (Å²) in [5.74, 6) is 2.20. The molecule has 1 aromatic carbocycles. The molecule has 1 atom stereocenters. The van der Waals surface area contributed by atoms with Gasteiger partial charge in [-0.05, 0) is 61.6 Å². The Morgan fingerprint density at radius 2 is 2.00 bits per heavy atom.